The van der Waals surface area contributed by atoms with Crippen LogP contribution in [-0.4, -0.2) is 27.4 Å². The zero-order valence-corrected chi connectivity index (χ0v) is 11.8. The zero-order valence-electron chi connectivity index (χ0n) is 11.0. The van der Waals surface area contributed by atoms with Crippen LogP contribution in [0.2, 0.25) is 0 Å². The molecule has 0 bridgehead atoms. The number of hydrogen-bond donors (Lipinski definition) is 1. The lowest BCUT2D eigenvalue weighted by molar-refractivity contribution is -0.134. The van der Waals surface area contributed by atoms with E-state index in [0.717, 1.165) is 5.01 Å². The molecule has 1 unspecified atom stereocenters. The number of amides is 3. The van der Waals surface area contributed by atoms with Crippen LogP contribution in [0, 0.1) is 5.41 Å². The van der Waals surface area contributed by atoms with Gasteiger partial charge >= 0.3 is 6.03 Å². The van der Waals surface area contributed by atoms with Crippen LogP contribution in [0.15, 0.2) is 11.6 Å². The molecule has 0 radical (unpaired) electrons. The summed E-state index contributed by atoms with van der Waals surface area (Å²) in [6.07, 6.45) is 1.67. The van der Waals surface area contributed by atoms with E-state index in [9.17, 15) is 9.59 Å². The average molecular weight is 267 g/mol. The molecule has 0 spiro atoms. The van der Waals surface area contributed by atoms with Crippen molar-refractivity contribution in [1.82, 2.24) is 15.2 Å². The van der Waals surface area contributed by atoms with E-state index >= 15 is 0 Å². The molecule has 1 N–H and O–H groups in total. The Morgan fingerprint density at radius 2 is 2.11 bits per heavy atom. The highest BCUT2D eigenvalue weighted by molar-refractivity contribution is 7.09. The predicted octanol–water partition coefficient (Wildman–Crippen LogP) is 2.00. The molecule has 18 heavy (non-hydrogen) atoms. The molecule has 98 valence electrons. The van der Waals surface area contributed by atoms with Crippen molar-refractivity contribution in [1.29, 1.82) is 0 Å². The first-order valence-corrected chi connectivity index (χ1v) is 6.66. The quantitative estimate of drug-likeness (QED) is 0.834. The Balaban J connectivity index is 2.25. The second kappa shape index (κ2) is 4.05. The number of aromatic nitrogens is 1. The van der Waals surface area contributed by atoms with Crippen molar-refractivity contribution in [3.63, 3.8) is 0 Å². The first kappa shape index (κ1) is 13.0. The van der Waals surface area contributed by atoms with E-state index in [1.54, 1.807) is 13.1 Å². The van der Waals surface area contributed by atoms with Gasteiger partial charge in [0.25, 0.3) is 5.91 Å². The third-order valence-corrected chi connectivity index (χ3v) is 4.32. The Morgan fingerprint density at radius 3 is 2.56 bits per heavy atom. The summed E-state index contributed by atoms with van der Waals surface area (Å²) in [6.45, 7) is 7.84. The predicted molar refractivity (Wildman–Crippen MR) is 69.1 cm³/mol. The van der Waals surface area contributed by atoms with Crippen molar-refractivity contribution in [3.8, 4) is 0 Å². The van der Waals surface area contributed by atoms with Gasteiger partial charge in [-0.05, 0) is 12.3 Å². The summed E-state index contributed by atoms with van der Waals surface area (Å²) in [5.41, 5.74) is -1.20. The van der Waals surface area contributed by atoms with Crippen molar-refractivity contribution in [2.75, 3.05) is 0 Å². The monoisotopic (exact) mass is 267 g/mol. The van der Waals surface area contributed by atoms with Gasteiger partial charge in [0.2, 0.25) is 0 Å². The molecule has 6 heteroatoms. The number of hydrogen-bond acceptors (Lipinski definition) is 4. The Morgan fingerprint density at radius 1 is 1.44 bits per heavy atom. The molecule has 1 aromatic rings. The maximum absolute atomic E-state index is 12.4. The molecular formula is C12H17N3O2S. The van der Waals surface area contributed by atoms with Crippen molar-refractivity contribution < 1.29 is 9.59 Å². The van der Waals surface area contributed by atoms with Gasteiger partial charge in [0.1, 0.15) is 10.5 Å². The molecule has 1 atom stereocenters. The van der Waals surface area contributed by atoms with Gasteiger partial charge in [-0.2, -0.15) is 0 Å². The fourth-order valence-electron chi connectivity index (χ4n) is 1.82. The van der Waals surface area contributed by atoms with Gasteiger partial charge < -0.3 is 5.32 Å². The molecule has 1 aromatic heterocycles. The summed E-state index contributed by atoms with van der Waals surface area (Å²) < 4.78 is 0. The number of thiazole rings is 1. The van der Waals surface area contributed by atoms with E-state index in [1.165, 1.54) is 16.2 Å². The molecule has 1 aliphatic heterocycles. The van der Waals surface area contributed by atoms with E-state index < -0.39 is 5.54 Å². The summed E-state index contributed by atoms with van der Waals surface area (Å²) in [7, 11) is 0. The number of nitrogens with zero attached hydrogens (tertiary/aromatic N) is 2. The van der Waals surface area contributed by atoms with Crippen molar-refractivity contribution in [3.05, 3.63) is 16.6 Å². The fraction of sp³-hybridized carbons (Fsp3) is 0.583. The van der Waals surface area contributed by atoms with Crippen molar-refractivity contribution in [2.45, 2.75) is 39.8 Å². The largest absolute Gasteiger partial charge is 0.325 e. The van der Waals surface area contributed by atoms with Crippen molar-refractivity contribution in [2.24, 2.45) is 5.41 Å². The molecule has 0 aliphatic carbocycles. The summed E-state index contributed by atoms with van der Waals surface area (Å²) in [4.78, 5) is 29.7. The normalized spacial score (nSPS) is 24.6. The molecular weight excluding hydrogens is 250 g/mol. The smallest absolute Gasteiger partial charge is 0.323 e. The summed E-state index contributed by atoms with van der Waals surface area (Å²) >= 11 is 1.44. The lowest BCUT2D eigenvalue weighted by atomic mass is 9.75. The number of nitrogens with one attached hydrogen (secondary N) is 1. The molecule has 2 heterocycles. The fourth-order valence-corrected chi connectivity index (χ4v) is 2.42. The minimum absolute atomic E-state index is 0.185. The van der Waals surface area contributed by atoms with E-state index in [2.05, 4.69) is 10.3 Å². The highest BCUT2D eigenvalue weighted by atomic mass is 32.1. The van der Waals surface area contributed by atoms with E-state index in [-0.39, 0.29) is 23.9 Å². The van der Waals surface area contributed by atoms with Crippen LogP contribution < -0.4 is 5.32 Å². The van der Waals surface area contributed by atoms with Gasteiger partial charge in [-0.1, -0.05) is 20.8 Å². The minimum atomic E-state index is -0.860. The van der Waals surface area contributed by atoms with Crippen LogP contribution in [0.3, 0.4) is 0 Å². The number of urea groups is 1. The molecule has 0 aromatic carbocycles. The number of carbonyl (C=O) groups excluding carboxylic acids is 2. The van der Waals surface area contributed by atoms with Crippen LogP contribution >= 0.6 is 11.3 Å². The van der Waals surface area contributed by atoms with Gasteiger partial charge in [-0.25, -0.2) is 9.78 Å². The molecule has 1 fully saturated rings. The SMILES string of the molecule is CC(C)(C)C1(C)NC(=O)N(Cc2nccs2)C1=O. The second-order valence-corrected chi connectivity index (χ2v) is 6.60. The highest BCUT2D eigenvalue weighted by Crippen LogP contribution is 2.35. The lowest BCUT2D eigenvalue weighted by Gasteiger charge is -2.35. The zero-order chi connectivity index (χ0) is 13.6. The van der Waals surface area contributed by atoms with E-state index in [4.69, 9.17) is 0 Å². The summed E-state index contributed by atoms with van der Waals surface area (Å²) in [5.74, 6) is -0.185. The molecule has 3 amide bonds. The topological polar surface area (TPSA) is 62.3 Å². The van der Waals surface area contributed by atoms with E-state index in [1.807, 2.05) is 26.2 Å². The molecule has 5 nitrogen and oxygen atoms in total. The molecule has 0 saturated carbocycles. The van der Waals surface area contributed by atoms with Gasteiger partial charge in [0, 0.05) is 11.6 Å². The Kier molecular flexibility index (Phi) is 2.93. The first-order valence-electron chi connectivity index (χ1n) is 5.78. The van der Waals surface area contributed by atoms with Gasteiger partial charge in [-0.15, -0.1) is 11.3 Å². The maximum Gasteiger partial charge on any atom is 0.325 e. The Labute approximate surface area is 110 Å². The first-order chi connectivity index (χ1) is 8.25. The van der Waals surface area contributed by atoms with Crippen LogP contribution in [0.4, 0.5) is 4.79 Å². The third kappa shape index (κ3) is 1.90. The van der Waals surface area contributed by atoms with Gasteiger partial charge in [0.05, 0.1) is 6.54 Å². The van der Waals surface area contributed by atoms with E-state index in [0.29, 0.717) is 0 Å². The van der Waals surface area contributed by atoms with Crippen LogP contribution in [0.25, 0.3) is 0 Å². The van der Waals surface area contributed by atoms with Crippen LogP contribution in [0.5, 0.6) is 0 Å². The third-order valence-electron chi connectivity index (χ3n) is 3.55. The Hall–Kier alpha value is -1.43. The highest BCUT2D eigenvalue weighted by Gasteiger charge is 2.54. The maximum atomic E-state index is 12.4. The van der Waals surface area contributed by atoms with Crippen molar-refractivity contribution >= 4 is 23.3 Å². The average Bonchev–Trinajstić information content (AvgIpc) is 2.81. The van der Waals surface area contributed by atoms with Gasteiger partial charge in [-0.3, -0.25) is 9.69 Å². The lowest BCUT2D eigenvalue weighted by Crippen LogP contribution is -2.54. The second-order valence-electron chi connectivity index (χ2n) is 5.62. The summed E-state index contributed by atoms with van der Waals surface area (Å²) in [6, 6.07) is -0.340. The van der Waals surface area contributed by atoms with Gasteiger partial charge in [0.15, 0.2) is 0 Å². The van der Waals surface area contributed by atoms with Crippen LogP contribution in [0.1, 0.15) is 32.7 Å². The summed E-state index contributed by atoms with van der Waals surface area (Å²) in [5, 5.41) is 5.39. The minimum Gasteiger partial charge on any atom is -0.323 e. The standard InChI is InChI=1S/C12H17N3O2S/c1-11(2,3)12(4)9(16)15(10(17)14-12)7-8-13-5-6-18-8/h5-6H,7H2,1-4H3,(H,14,17). The number of rotatable bonds is 2. The number of carbonyl (C=O) groups is 2. The molecule has 2 rings (SSSR count). The molecule has 1 saturated heterocycles. The Bertz CT molecular complexity index is 478. The number of imide groups is 1. The molecule has 1 aliphatic rings. The van der Waals surface area contributed by atoms with Crippen LogP contribution in [-0.2, 0) is 11.3 Å².